The van der Waals surface area contributed by atoms with Crippen molar-refractivity contribution in [3.63, 3.8) is 0 Å². The van der Waals surface area contributed by atoms with Crippen LogP contribution in [0.2, 0.25) is 3.93 Å². The number of rotatable bonds is 4. The standard InChI is InChI=1S/C10H19.2C6H5.Sn.H/c1-8(2)10-6-4-9(3)5-7-10;2*1-2-4-6-5-3-1;;/h6,8-10H,4-5,7H2,1-3H3;2*1-5H;;/t9-,10-;;;;/m0..../s1. The Kier molecular flexibility index (Phi) is 5.85. The van der Waals surface area contributed by atoms with E-state index < -0.39 is 19.8 Å². The predicted octanol–water partition coefficient (Wildman–Crippen LogP) is 4.49. The van der Waals surface area contributed by atoms with Gasteiger partial charge in [0.1, 0.15) is 0 Å². The molecule has 3 rings (SSSR count). The van der Waals surface area contributed by atoms with Crippen molar-refractivity contribution in [1.29, 1.82) is 0 Å². The summed E-state index contributed by atoms with van der Waals surface area (Å²) in [7, 11) is 0. The second-order valence-electron chi connectivity index (χ2n) is 7.79. The van der Waals surface area contributed by atoms with Gasteiger partial charge in [-0.25, -0.2) is 0 Å². The van der Waals surface area contributed by atoms with Crippen LogP contribution < -0.4 is 7.16 Å². The molecule has 1 saturated carbocycles. The molecule has 0 spiro atoms. The molecule has 0 unspecified atom stereocenters. The SMILES string of the molecule is CC(C)[C@@H]1CC[C@@H](C)C[C@H]1[SnH]([c]1ccccc1)[c]1ccccc1. The van der Waals surface area contributed by atoms with E-state index in [4.69, 9.17) is 0 Å². The van der Waals surface area contributed by atoms with Crippen molar-refractivity contribution in [2.45, 2.75) is 44.0 Å². The molecule has 1 aliphatic carbocycles. The Labute approximate surface area is 149 Å². The maximum atomic E-state index is 2.47. The van der Waals surface area contributed by atoms with Gasteiger partial charge in [-0.1, -0.05) is 0 Å². The van der Waals surface area contributed by atoms with Crippen LogP contribution in [-0.2, 0) is 0 Å². The molecule has 0 bridgehead atoms. The Morgan fingerprint density at radius 3 is 1.83 bits per heavy atom. The van der Waals surface area contributed by atoms with Gasteiger partial charge in [-0.3, -0.25) is 0 Å². The van der Waals surface area contributed by atoms with E-state index >= 15 is 0 Å². The van der Waals surface area contributed by atoms with Crippen molar-refractivity contribution < 1.29 is 0 Å². The minimum atomic E-state index is -2.06. The molecule has 1 fully saturated rings. The zero-order chi connectivity index (χ0) is 16.2. The van der Waals surface area contributed by atoms with Gasteiger partial charge in [-0.05, 0) is 0 Å². The average Bonchev–Trinajstić information content (AvgIpc) is 2.57. The number of benzene rings is 2. The summed E-state index contributed by atoms with van der Waals surface area (Å²) < 4.78 is 4.36. The molecular weight excluding hydrogens is 383 g/mol. The molecule has 0 heterocycles. The normalized spacial score (nSPS) is 25.0. The van der Waals surface area contributed by atoms with Crippen LogP contribution >= 0.6 is 0 Å². The van der Waals surface area contributed by atoms with Gasteiger partial charge in [0.25, 0.3) is 0 Å². The van der Waals surface area contributed by atoms with Crippen LogP contribution in [0.3, 0.4) is 0 Å². The summed E-state index contributed by atoms with van der Waals surface area (Å²) in [5.74, 6) is 2.65. The van der Waals surface area contributed by atoms with E-state index in [1.165, 1.54) is 19.3 Å². The maximum absolute atomic E-state index is 2.47. The quantitative estimate of drug-likeness (QED) is 0.649. The summed E-state index contributed by atoms with van der Waals surface area (Å²) in [4.78, 5) is 0. The van der Waals surface area contributed by atoms with E-state index in [1.54, 1.807) is 7.16 Å². The molecule has 0 nitrogen and oxygen atoms in total. The fourth-order valence-electron chi connectivity index (χ4n) is 4.67. The first-order valence-electron chi connectivity index (χ1n) is 9.26. The van der Waals surface area contributed by atoms with Gasteiger partial charge in [0.2, 0.25) is 0 Å². The zero-order valence-corrected chi connectivity index (χ0v) is 18.1. The van der Waals surface area contributed by atoms with Crippen molar-refractivity contribution in [3.8, 4) is 0 Å². The Balaban J connectivity index is 2.03. The van der Waals surface area contributed by atoms with E-state index in [9.17, 15) is 0 Å². The van der Waals surface area contributed by atoms with Crippen LogP contribution in [0.4, 0.5) is 0 Å². The van der Waals surface area contributed by atoms with Crippen LogP contribution in [0, 0.1) is 17.8 Å². The number of hydrogen-bond donors (Lipinski definition) is 0. The van der Waals surface area contributed by atoms with E-state index in [1.807, 2.05) is 0 Å². The molecule has 0 aliphatic heterocycles. The van der Waals surface area contributed by atoms with Crippen LogP contribution in [-0.4, -0.2) is 19.8 Å². The molecule has 2 aromatic rings. The predicted molar refractivity (Wildman–Crippen MR) is 104 cm³/mol. The Morgan fingerprint density at radius 1 is 0.826 bits per heavy atom. The Hall–Kier alpha value is -0.761. The van der Waals surface area contributed by atoms with Gasteiger partial charge < -0.3 is 0 Å². The van der Waals surface area contributed by atoms with Crippen molar-refractivity contribution in [2.24, 2.45) is 17.8 Å². The molecule has 1 aliphatic rings. The zero-order valence-electron chi connectivity index (χ0n) is 14.8. The molecule has 0 radical (unpaired) electrons. The van der Waals surface area contributed by atoms with E-state index in [-0.39, 0.29) is 0 Å². The van der Waals surface area contributed by atoms with E-state index in [0.29, 0.717) is 0 Å². The summed E-state index contributed by atoms with van der Waals surface area (Å²) in [6.45, 7) is 7.38. The molecule has 0 N–H and O–H groups in total. The third kappa shape index (κ3) is 4.02. The second-order valence-corrected chi connectivity index (χ2v) is 16.8. The van der Waals surface area contributed by atoms with Crippen LogP contribution in [0.25, 0.3) is 0 Å². The molecule has 3 atom stereocenters. The summed E-state index contributed by atoms with van der Waals surface area (Å²) in [6, 6.07) is 23.0. The van der Waals surface area contributed by atoms with Crippen LogP contribution in [0.1, 0.15) is 40.0 Å². The molecule has 0 amide bonds. The Bertz CT molecular complexity index is 550. The van der Waals surface area contributed by atoms with Gasteiger partial charge in [0, 0.05) is 0 Å². The van der Waals surface area contributed by atoms with Gasteiger partial charge in [0.05, 0.1) is 0 Å². The average molecular weight is 413 g/mol. The summed E-state index contributed by atoms with van der Waals surface area (Å²) in [5.41, 5.74) is 0. The second kappa shape index (κ2) is 7.87. The first kappa shape index (κ1) is 17.1. The third-order valence-corrected chi connectivity index (χ3v) is 16.7. The topological polar surface area (TPSA) is 0 Å². The van der Waals surface area contributed by atoms with Crippen LogP contribution in [0.15, 0.2) is 60.7 Å². The summed E-state index contributed by atoms with van der Waals surface area (Å²) in [6.07, 6.45) is 4.32. The van der Waals surface area contributed by atoms with Crippen molar-refractivity contribution in [3.05, 3.63) is 60.7 Å². The van der Waals surface area contributed by atoms with Gasteiger partial charge in [-0.2, -0.15) is 0 Å². The van der Waals surface area contributed by atoms with Gasteiger partial charge in [0.15, 0.2) is 0 Å². The first-order chi connectivity index (χ1) is 11.2. The van der Waals surface area contributed by atoms with Crippen molar-refractivity contribution in [1.82, 2.24) is 0 Å². The first-order valence-corrected chi connectivity index (χ1v) is 14.5. The van der Waals surface area contributed by atoms with E-state index in [0.717, 1.165) is 21.7 Å². The molecular formula is C22H30Sn. The molecule has 122 valence electrons. The molecule has 0 aromatic heterocycles. The monoisotopic (exact) mass is 414 g/mol. The summed E-state index contributed by atoms with van der Waals surface area (Å²) in [5, 5.41) is 0. The van der Waals surface area contributed by atoms with Gasteiger partial charge >= 0.3 is 149 Å². The fourth-order valence-corrected chi connectivity index (χ4v) is 17.6. The molecule has 23 heavy (non-hydrogen) atoms. The van der Waals surface area contributed by atoms with E-state index in [2.05, 4.69) is 81.4 Å². The van der Waals surface area contributed by atoms with Gasteiger partial charge in [-0.15, -0.1) is 0 Å². The third-order valence-electron chi connectivity index (χ3n) is 5.82. The minimum absolute atomic E-state index is 0.819. The van der Waals surface area contributed by atoms with Crippen molar-refractivity contribution in [2.75, 3.05) is 0 Å². The molecule has 0 saturated heterocycles. The van der Waals surface area contributed by atoms with Crippen molar-refractivity contribution >= 4 is 26.9 Å². The molecule has 2 aromatic carbocycles. The number of hydrogen-bond acceptors (Lipinski definition) is 0. The van der Waals surface area contributed by atoms with Crippen LogP contribution in [0.5, 0.6) is 0 Å². The molecule has 1 heteroatoms. The summed E-state index contributed by atoms with van der Waals surface area (Å²) >= 11 is -2.06. The Morgan fingerprint density at radius 2 is 1.35 bits per heavy atom. The fraction of sp³-hybridized carbons (Fsp3) is 0.455.